The first-order valence-corrected chi connectivity index (χ1v) is 14.0. The summed E-state index contributed by atoms with van der Waals surface area (Å²) < 4.78 is 53.6. The number of alkyl halides is 3. The Labute approximate surface area is 239 Å². The van der Waals surface area contributed by atoms with Crippen molar-refractivity contribution in [1.29, 1.82) is 0 Å². The lowest BCUT2D eigenvalue weighted by atomic mass is 10.0. The highest BCUT2D eigenvalue weighted by molar-refractivity contribution is 7.98. The van der Waals surface area contributed by atoms with Crippen LogP contribution in [0.4, 0.5) is 17.6 Å². The highest BCUT2D eigenvalue weighted by Gasteiger charge is 2.30. The second-order valence-electron chi connectivity index (χ2n) is 9.67. The topological polar surface area (TPSA) is 55.2 Å². The Morgan fingerprint density at radius 3 is 2.07 bits per heavy atom. The van der Waals surface area contributed by atoms with Crippen LogP contribution in [0.5, 0.6) is 0 Å². The summed E-state index contributed by atoms with van der Waals surface area (Å²) in [4.78, 5) is 31.8. The lowest BCUT2D eigenvalue weighted by molar-refractivity contribution is -0.137. The van der Waals surface area contributed by atoms with Crippen molar-refractivity contribution < 1.29 is 22.4 Å². The molecule has 4 aromatic rings. The molecule has 10 heteroatoms. The average Bonchev–Trinajstić information content (AvgIpc) is 2.96. The van der Waals surface area contributed by atoms with E-state index in [9.17, 15) is 27.2 Å². The number of hydrogen-bond acceptors (Lipinski definition) is 4. The molecule has 214 valence electrons. The van der Waals surface area contributed by atoms with E-state index >= 15 is 0 Å². The van der Waals surface area contributed by atoms with Gasteiger partial charge in [-0.05, 0) is 59.9 Å². The lowest BCUT2D eigenvalue weighted by Gasteiger charge is -2.25. The number of amides is 1. The van der Waals surface area contributed by atoms with E-state index in [1.54, 1.807) is 41.8 Å². The molecule has 0 N–H and O–H groups in total. The van der Waals surface area contributed by atoms with Crippen LogP contribution in [0.15, 0.2) is 88.9 Å². The smallest absolute Gasteiger partial charge is 0.340 e. The van der Waals surface area contributed by atoms with Gasteiger partial charge in [-0.15, -0.1) is 0 Å². The van der Waals surface area contributed by atoms with Crippen molar-refractivity contribution in [3.63, 3.8) is 0 Å². The number of carbonyl (C=O) groups is 1. The zero-order valence-corrected chi connectivity index (χ0v) is 23.6. The molecule has 0 bridgehead atoms. The number of aryl methyl sites for hydroxylation is 1. The summed E-state index contributed by atoms with van der Waals surface area (Å²) in [6, 6.07) is 17.7. The maximum atomic E-state index is 13.5. The molecule has 5 nitrogen and oxygen atoms in total. The van der Waals surface area contributed by atoms with Gasteiger partial charge < -0.3 is 9.47 Å². The summed E-state index contributed by atoms with van der Waals surface area (Å²) in [6.07, 6.45) is -2.24. The molecule has 0 fully saturated rings. The summed E-state index contributed by atoms with van der Waals surface area (Å²) in [5.41, 5.74) is 2.58. The maximum Gasteiger partial charge on any atom is 0.416 e. The van der Waals surface area contributed by atoms with E-state index in [0.717, 1.165) is 28.8 Å². The normalized spacial score (nSPS) is 12.3. The molecule has 1 unspecified atom stereocenters. The van der Waals surface area contributed by atoms with E-state index in [0.29, 0.717) is 35.0 Å². The van der Waals surface area contributed by atoms with Gasteiger partial charge in [0.1, 0.15) is 11.9 Å². The van der Waals surface area contributed by atoms with Gasteiger partial charge >= 0.3 is 6.18 Å². The zero-order chi connectivity index (χ0) is 29.7. The first kappa shape index (κ1) is 30.0. The number of rotatable bonds is 9. The Balaban J connectivity index is 1.47. The first-order valence-electron chi connectivity index (χ1n) is 13.0. The van der Waals surface area contributed by atoms with Crippen LogP contribution >= 0.6 is 11.8 Å². The van der Waals surface area contributed by atoms with Crippen LogP contribution < -0.4 is 5.56 Å². The van der Waals surface area contributed by atoms with Gasteiger partial charge in [-0.1, -0.05) is 67.2 Å². The molecule has 0 spiro atoms. The standard InChI is InChI=1S/C31H29F4N3O2S/c1-4-23-18-38(30(36-28(23)39)41-19-22-7-15-27(32)16-8-22)20(2)29(40)37(3)17-21-5-9-24(10-6-21)25-11-13-26(14-12-25)31(33,34)35/h5-16,18,20H,4,17,19H2,1-3H3. The van der Waals surface area contributed by atoms with Crippen molar-refractivity contribution in [2.75, 3.05) is 7.05 Å². The van der Waals surface area contributed by atoms with E-state index < -0.39 is 17.8 Å². The van der Waals surface area contributed by atoms with Gasteiger partial charge in [0, 0.05) is 31.1 Å². The maximum absolute atomic E-state index is 13.5. The summed E-state index contributed by atoms with van der Waals surface area (Å²) >= 11 is 1.30. The predicted octanol–water partition coefficient (Wildman–Crippen LogP) is 7.14. The summed E-state index contributed by atoms with van der Waals surface area (Å²) in [7, 11) is 1.69. The van der Waals surface area contributed by atoms with Crippen molar-refractivity contribution in [3.8, 4) is 11.1 Å². The van der Waals surface area contributed by atoms with Crippen molar-refractivity contribution in [1.82, 2.24) is 14.5 Å². The molecule has 41 heavy (non-hydrogen) atoms. The molecule has 0 saturated heterocycles. The summed E-state index contributed by atoms with van der Waals surface area (Å²) in [5.74, 6) is -0.0780. The molecule has 0 aliphatic carbocycles. The molecule has 0 saturated carbocycles. The monoisotopic (exact) mass is 583 g/mol. The molecule has 1 atom stereocenters. The van der Waals surface area contributed by atoms with Crippen LogP contribution in [0.25, 0.3) is 11.1 Å². The number of thioether (sulfide) groups is 1. The Hall–Kier alpha value is -3.92. The van der Waals surface area contributed by atoms with Crippen molar-refractivity contribution in [3.05, 3.63) is 117 Å². The molecule has 1 heterocycles. The molecule has 1 amide bonds. The van der Waals surface area contributed by atoms with E-state index in [1.807, 2.05) is 31.2 Å². The Morgan fingerprint density at radius 1 is 0.951 bits per heavy atom. The number of aromatic nitrogens is 2. The van der Waals surface area contributed by atoms with Gasteiger partial charge in [-0.25, -0.2) is 4.39 Å². The van der Waals surface area contributed by atoms with Crippen LogP contribution in [0.2, 0.25) is 0 Å². The van der Waals surface area contributed by atoms with Crippen LogP contribution in [0.1, 0.15) is 42.1 Å². The highest BCUT2D eigenvalue weighted by atomic mass is 32.2. The fraction of sp³-hybridized carbons (Fsp3) is 0.258. The molecular weight excluding hydrogens is 554 g/mol. The predicted molar refractivity (Wildman–Crippen MR) is 152 cm³/mol. The third-order valence-electron chi connectivity index (χ3n) is 6.72. The molecule has 1 aromatic heterocycles. The summed E-state index contributed by atoms with van der Waals surface area (Å²) in [5, 5.41) is 0.395. The zero-order valence-electron chi connectivity index (χ0n) is 22.8. The third kappa shape index (κ3) is 7.43. The SMILES string of the molecule is CCc1cn(C(C)C(=O)N(C)Cc2ccc(-c3ccc(C(F)(F)F)cc3)cc2)c(SCc2ccc(F)cc2)nc1=O. The quantitative estimate of drug-likeness (QED) is 0.119. The number of nitrogens with zero attached hydrogens (tertiary/aromatic N) is 3. The Morgan fingerprint density at radius 2 is 1.51 bits per heavy atom. The first-order chi connectivity index (χ1) is 19.5. The molecule has 0 aliphatic heterocycles. The van der Waals surface area contributed by atoms with Crippen molar-refractivity contribution >= 4 is 17.7 Å². The second-order valence-corrected chi connectivity index (χ2v) is 10.6. The van der Waals surface area contributed by atoms with Crippen molar-refractivity contribution in [2.45, 2.75) is 49.9 Å². The molecule has 0 radical (unpaired) electrons. The molecule has 3 aromatic carbocycles. The van der Waals surface area contributed by atoms with Crippen LogP contribution in [0, 0.1) is 5.82 Å². The minimum absolute atomic E-state index is 0.187. The number of carbonyl (C=O) groups excluding carboxylic acids is 1. The number of benzene rings is 3. The van der Waals surface area contributed by atoms with Gasteiger partial charge in [0.15, 0.2) is 5.16 Å². The van der Waals surface area contributed by atoms with E-state index in [-0.39, 0.29) is 17.3 Å². The summed E-state index contributed by atoms with van der Waals surface area (Å²) in [6.45, 7) is 3.91. The van der Waals surface area contributed by atoms with E-state index in [1.165, 1.54) is 36.0 Å². The van der Waals surface area contributed by atoms with Crippen LogP contribution in [-0.4, -0.2) is 27.4 Å². The molecule has 0 aliphatic rings. The fourth-order valence-corrected chi connectivity index (χ4v) is 5.29. The Kier molecular flexibility index (Phi) is 9.32. The van der Waals surface area contributed by atoms with Gasteiger partial charge in [0.2, 0.25) is 5.91 Å². The second kappa shape index (κ2) is 12.7. The molecule has 4 rings (SSSR count). The number of likely N-dealkylation sites (N-methyl/N-ethyl adjacent to an activating group) is 1. The van der Waals surface area contributed by atoms with Gasteiger partial charge in [-0.2, -0.15) is 18.2 Å². The number of halogens is 4. The third-order valence-corrected chi connectivity index (χ3v) is 7.76. The average molecular weight is 584 g/mol. The van der Waals surface area contributed by atoms with Gasteiger partial charge in [-0.3, -0.25) is 9.59 Å². The minimum Gasteiger partial charge on any atom is -0.340 e. The Bertz CT molecular complexity index is 1550. The largest absolute Gasteiger partial charge is 0.416 e. The van der Waals surface area contributed by atoms with Crippen LogP contribution in [0.3, 0.4) is 0 Å². The number of hydrogen-bond donors (Lipinski definition) is 0. The van der Waals surface area contributed by atoms with Gasteiger partial charge in [0.25, 0.3) is 5.56 Å². The molecular formula is C31H29F4N3O2S. The minimum atomic E-state index is -4.39. The highest BCUT2D eigenvalue weighted by Crippen LogP contribution is 2.31. The van der Waals surface area contributed by atoms with Crippen LogP contribution in [-0.2, 0) is 29.7 Å². The fourth-order valence-electron chi connectivity index (χ4n) is 4.29. The van der Waals surface area contributed by atoms with Crippen molar-refractivity contribution in [2.24, 2.45) is 0 Å². The van der Waals surface area contributed by atoms with Gasteiger partial charge in [0.05, 0.1) is 5.56 Å². The van der Waals surface area contributed by atoms with E-state index in [4.69, 9.17) is 0 Å². The van der Waals surface area contributed by atoms with E-state index in [2.05, 4.69) is 4.98 Å². The lowest BCUT2D eigenvalue weighted by Crippen LogP contribution is -2.34.